The molecular formula is C9H6F3IN2O5. The minimum absolute atomic E-state index is 0.0598. The summed E-state index contributed by atoms with van der Waals surface area (Å²) in [6, 6.07) is 0.639. The molecule has 0 aromatic carbocycles. The number of alkyl halides is 3. The molecule has 0 saturated carbocycles. The maximum atomic E-state index is 12.2. The number of nitrogens with zero attached hydrogens (tertiary/aromatic N) is 2. The molecule has 1 rings (SSSR count). The van der Waals surface area contributed by atoms with Crippen LogP contribution in [0.3, 0.4) is 0 Å². The van der Waals surface area contributed by atoms with Crippen LogP contribution in [0.2, 0.25) is 0 Å². The van der Waals surface area contributed by atoms with E-state index in [4.69, 9.17) is 0 Å². The standard InChI is InChI=1S/C9H6F3IN2O5/c1-2-19-8(16)4-3-5(20-9(10,11)12)6(13)7(14-4)15(17)18/h3H,2H2,1H3. The van der Waals surface area contributed by atoms with E-state index >= 15 is 0 Å². The maximum absolute atomic E-state index is 12.2. The molecule has 0 aliphatic rings. The number of nitro groups is 1. The summed E-state index contributed by atoms with van der Waals surface area (Å²) in [4.78, 5) is 24.5. The van der Waals surface area contributed by atoms with Gasteiger partial charge in [-0.3, -0.25) is 0 Å². The van der Waals surface area contributed by atoms with E-state index in [-0.39, 0.29) is 6.61 Å². The van der Waals surface area contributed by atoms with Crippen molar-refractivity contribution in [2.75, 3.05) is 6.61 Å². The highest BCUT2D eigenvalue weighted by Gasteiger charge is 2.35. The highest BCUT2D eigenvalue weighted by atomic mass is 127. The zero-order chi connectivity index (χ0) is 15.5. The van der Waals surface area contributed by atoms with Gasteiger partial charge in [-0.15, -0.1) is 13.2 Å². The Labute approximate surface area is 123 Å². The van der Waals surface area contributed by atoms with Crippen molar-refractivity contribution in [1.29, 1.82) is 0 Å². The quantitative estimate of drug-likeness (QED) is 0.331. The van der Waals surface area contributed by atoms with E-state index in [1.807, 2.05) is 0 Å². The zero-order valence-electron chi connectivity index (χ0n) is 9.73. The number of hydrogen-bond acceptors (Lipinski definition) is 6. The molecule has 1 aromatic heterocycles. The zero-order valence-corrected chi connectivity index (χ0v) is 11.9. The van der Waals surface area contributed by atoms with Crippen molar-refractivity contribution >= 4 is 34.4 Å². The van der Waals surface area contributed by atoms with Crippen LogP contribution >= 0.6 is 22.6 Å². The summed E-state index contributed by atoms with van der Waals surface area (Å²) in [7, 11) is 0. The predicted molar refractivity (Wildman–Crippen MR) is 66.2 cm³/mol. The lowest BCUT2D eigenvalue weighted by Gasteiger charge is -2.10. The number of hydrogen-bond donors (Lipinski definition) is 0. The van der Waals surface area contributed by atoms with Gasteiger partial charge in [0, 0.05) is 6.07 Å². The maximum Gasteiger partial charge on any atom is 0.573 e. The largest absolute Gasteiger partial charge is 0.573 e. The summed E-state index contributed by atoms with van der Waals surface area (Å²) in [5.74, 6) is -2.89. The average molecular weight is 406 g/mol. The van der Waals surface area contributed by atoms with Crippen LogP contribution in [0.15, 0.2) is 6.07 Å². The van der Waals surface area contributed by atoms with Crippen LogP contribution in [0.5, 0.6) is 5.75 Å². The van der Waals surface area contributed by atoms with Gasteiger partial charge in [-0.1, -0.05) is 0 Å². The molecule has 0 aliphatic carbocycles. The van der Waals surface area contributed by atoms with Crippen LogP contribution in [0.25, 0.3) is 0 Å². The van der Waals surface area contributed by atoms with Gasteiger partial charge in [0.15, 0.2) is 9.32 Å². The molecule has 0 bridgehead atoms. The van der Waals surface area contributed by atoms with E-state index in [1.165, 1.54) is 29.5 Å². The van der Waals surface area contributed by atoms with Crippen LogP contribution in [0.1, 0.15) is 17.4 Å². The van der Waals surface area contributed by atoms with E-state index < -0.39 is 38.1 Å². The first-order chi connectivity index (χ1) is 9.15. The number of ether oxygens (including phenoxy) is 2. The molecule has 0 spiro atoms. The molecule has 0 saturated heterocycles. The Morgan fingerprint density at radius 1 is 1.55 bits per heavy atom. The molecule has 0 N–H and O–H groups in total. The molecule has 0 unspecified atom stereocenters. The topological polar surface area (TPSA) is 91.6 Å². The van der Waals surface area contributed by atoms with Crippen molar-refractivity contribution in [2.45, 2.75) is 13.3 Å². The fourth-order valence-electron chi connectivity index (χ4n) is 1.12. The van der Waals surface area contributed by atoms with Crippen molar-refractivity contribution in [3.8, 4) is 5.75 Å². The Morgan fingerprint density at radius 2 is 2.15 bits per heavy atom. The first-order valence-corrected chi connectivity index (χ1v) is 6.01. The molecular weight excluding hydrogens is 400 g/mol. The molecule has 7 nitrogen and oxygen atoms in total. The minimum atomic E-state index is -5.05. The first-order valence-electron chi connectivity index (χ1n) is 4.93. The third-order valence-electron chi connectivity index (χ3n) is 1.79. The Kier molecular flexibility index (Phi) is 5.08. The van der Waals surface area contributed by atoms with Crippen LogP contribution in [-0.4, -0.2) is 28.8 Å². The number of pyridine rings is 1. The van der Waals surface area contributed by atoms with Gasteiger partial charge in [-0.25, -0.2) is 4.79 Å². The van der Waals surface area contributed by atoms with E-state index in [2.05, 4.69) is 14.5 Å². The second-order valence-electron chi connectivity index (χ2n) is 3.17. The normalized spacial score (nSPS) is 11.1. The molecule has 0 radical (unpaired) electrons. The van der Waals surface area contributed by atoms with Crippen LogP contribution in [-0.2, 0) is 4.74 Å². The Morgan fingerprint density at radius 3 is 2.60 bits per heavy atom. The second kappa shape index (κ2) is 6.19. The van der Waals surface area contributed by atoms with Crippen molar-refractivity contribution in [3.63, 3.8) is 0 Å². The van der Waals surface area contributed by atoms with E-state index in [0.29, 0.717) is 6.07 Å². The molecule has 0 fully saturated rings. The summed E-state index contributed by atoms with van der Waals surface area (Å²) >= 11 is 1.28. The predicted octanol–water partition coefficient (Wildman–Crippen LogP) is 2.67. The minimum Gasteiger partial charge on any atom is -0.460 e. The lowest BCUT2D eigenvalue weighted by Crippen LogP contribution is -2.19. The third-order valence-corrected chi connectivity index (χ3v) is 2.80. The fourth-order valence-corrected chi connectivity index (χ4v) is 1.71. The fraction of sp³-hybridized carbons (Fsp3) is 0.333. The summed E-state index contributed by atoms with van der Waals surface area (Å²) in [6.45, 7) is 1.40. The van der Waals surface area contributed by atoms with Crippen molar-refractivity contribution in [1.82, 2.24) is 4.98 Å². The smallest absolute Gasteiger partial charge is 0.460 e. The summed E-state index contributed by atoms with van der Waals surface area (Å²) in [6.07, 6.45) is -5.05. The van der Waals surface area contributed by atoms with Crippen molar-refractivity contribution < 1.29 is 32.4 Å². The SMILES string of the molecule is CCOC(=O)c1cc(OC(F)(F)F)c(I)c([N+](=O)[O-])n1. The van der Waals surface area contributed by atoms with Gasteiger partial charge in [0.05, 0.1) is 6.61 Å². The van der Waals surface area contributed by atoms with Crippen molar-refractivity contribution in [3.05, 3.63) is 25.4 Å². The highest BCUT2D eigenvalue weighted by molar-refractivity contribution is 14.1. The molecule has 0 atom stereocenters. The second-order valence-corrected chi connectivity index (χ2v) is 4.25. The number of esters is 1. The molecule has 0 amide bonds. The average Bonchev–Trinajstić information content (AvgIpc) is 2.29. The van der Waals surface area contributed by atoms with Crippen molar-refractivity contribution in [2.24, 2.45) is 0 Å². The third kappa shape index (κ3) is 4.18. The summed E-state index contributed by atoms with van der Waals surface area (Å²) in [5, 5.41) is 10.7. The van der Waals surface area contributed by atoms with Gasteiger partial charge in [0.2, 0.25) is 0 Å². The molecule has 1 aromatic rings. The molecule has 1 heterocycles. The monoisotopic (exact) mass is 406 g/mol. The van der Waals surface area contributed by atoms with Gasteiger partial charge < -0.3 is 19.6 Å². The van der Waals surface area contributed by atoms with Crippen LogP contribution in [0.4, 0.5) is 19.0 Å². The summed E-state index contributed by atoms with van der Waals surface area (Å²) in [5.41, 5.74) is -0.641. The number of carbonyl (C=O) groups is 1. The Hall–Kier alpha value is -1.66. The lowest BCUT2D eigenvalue weighted by atomic mass is 10.3. The lowest BCUT2D eigenvalue weighted by molar-refractivity contribution is -0.390. The number of carbonyl (C=O) groups excluding carboxylic acids is 1. The van der Waals surface area contributed by atoms with E-state index in [0.717, 1.165) is 0 Å². The van der Waals surface area contributed by atoms with Crippen LogP contribution < -0.4 is 4.74 Å². The van der Waals surface area contributed by atoms with Crippen LogP contribution in [0, 0.1) is 13.7 Å². The Bertz CT molecular complexity index is 549. The number of aromatic nitrogens is 1. The van der Waals surface area contributed by atoms with E-state index in [1.54, 1.807) is 0 Å². The number of halogens is 4. The first kappa shape index (κ1) is 16.4. The molecule has 110 valence electrons. The Balaban J connectivity index is 3.35. The van der Waals surface area contributed by atoms with E-state index in [9.17, 15) is 28.1 Å². The van der Waals surface area contributed by atoms with Gasteiger partial charge in [0.1, 0.15) is 0 Å². The molecule has 0 aliphatic heterocycles. The highest BCUT2D eigenvalue weighted by Crippen LogP contribution is 2.33. The van der Waals surface area contributed by atoms with Gasteiger partial charge in [-0.05, 0) is 39.4 Å². The van der Waals surface area contributed by atoms with Gasteiger partial charge >= 0.3 is 18.1 Å². The molecule has 20 heavy (non-hydrogen) atoms. The summed E-state index contributed by atoms with van der Waals surface area (Å²) < 4.78 is 44.3. The molecule has 11 heteroatoms. The number of rotatable bonds is 4. The van der Waals surface area contributed by atoms with Gasteiger partial charge in [0.25, 0.3) is 5.69 Å². The van der Waals surface area contributed by atoms with Gasteiger partial charge in [-0.2, -0.15) is 0 Å².